The van der Waals surface area contributed by atoms with Crippen LogP contribution in [0.1, 0.15) is 55.5 Å². The first-order valence-corrected chi connectivity index (χ1v) is 8.94. The van der Waals surface area contributed by atoms with Crippen LogP contribution < -0.4 is 0 Å². The number of ketones is 1. The normalized spacial score (nSPS) is 11.9. The van der Waals surface area contributed by atoms with Crippen LogP contribution in [-0.2, 0) is 11.2 Å². The van der Waals surface area contributed by atoms with Crippen LogP contribution in [0, 0.1) is 5.92 Å². The van der Waals surface area contributed by atoms with Crippen LogP contribution >= 0.6 is 0 Å². The van der Waals surface area contributed by atoms with Gasteiger partial charge in [-0.1, -0.05) is 68.8 Å². The number of carboxylic acid groups (broad SMARTS) is 1. The van der Waals surface area contributed by atoms with Crippen LogP contribution in [0.3, 0.4) is 0 Å². The van der Waals surface area contributed by atoms with E-state index in [1.54, 1.807) is 6.92 Å². The number of aryl methyl sites for hydroxylation is 1. The summed E-state index contributed by atoms with van der Waals surface area (Å²) in [5, 5.41) is 8.79. The van der Waals surface area contributed by atoms with Crippen molar-refractivity contribution >= 4 is 11.8 Å². The Balaban J connectivity index is 2.01. The highest BCUT2D eigenvalue weighted by Gasteiger charge is 2.14. The van der Waals surface area contributed by atoms with Gasteiger partial charge in [0.25, 0.3) is 0 Å². The number of rotatable bonds is 9. The summed E-state index contributed by atoms with van der Waals surface area (Å²) in [5.74, 6) is -1.02. The fraction of sp³-hybridized carbons (Fsp3) is 0.364. The van der Waals surface area contributed by atoms with Gasteiger partial charge >= 0.3 is 5.97 Å². The van der Waals surface area contributed by atoms with Gasteiger partial charge in [-0.15, -0.1) is 0 Å². The molecule has 0 fully saturated rings. The van der Waals surface area contributed by atoms with Crippen LogP contribution in [-0.4, -0.2) is 16.9 Å². The minimum Gasteiger partial charge on any atom is -0.481 e. The Morgan fingerprint density at radius 2 is 1.48 bits per heavy atom. The number of hydrogen-bond donors (Lipinski definition) is 1. The van der Waals surface area contributed by atoms with E-state index < -0.39 is 5.97 Å². The lowest BCUT2D eigenvalue weighted by atomic mass is 9.95. The molecule has 0 saturated carbocycles. The topological polar surface area (TPSA) is 54.4 Å². The van der Waals surface area contributed by atoms with Gasteiger partial charge in [0.1, 0.15) is 0 Å². The van der Waals surface area contributed by atoms with E-state index in [1.807, 2.05) is 24.3 Å². The predicted molar refractivity (Wildman–Crippen MR) is 101 cm³/mol. The number of carboxylic acids is 1. The lowest BCUT2D eigenvalue weighted by Crippen LogP contribution is -2.10. The molecule has 2 rings (SSSR count). The maximum absolute atomic E-state index is 12.2. The first kappa shape index (κ1) is 18.9. The van der Waals surface area contributed by atoms with E-state index in [1.165, 1.54) is 18.4 Å². The van der Waals surface area contributed by atoms with Crippen molar-refractivity contribution in [2.75, 3.05) is 0 Å². The van der Waals surface area contributed by atoms with Gasteiger partial charge in [0, 0.05) is 18.4 Å². The Morgan fingerprint density at radius 1 is 0.920 bits per heavy atom. The molecule has 1 atom stereocenters. The van der Waals surface area contributed by atoms with Gasteiger partial charge < -0.3 is 5.11 Å². The molecule has 25 heavy (non-hydrogen) atoms. The molecule has 0 saturated heterocycles. The molecule has 0 unspecified atom stereocenters. The molecule has 3 nitrogen and oxygen atoms in total. The first-order valence-electron chi connectivity index (χ1n) is 8.94. The summed E-state index contributed by atoms with van der Waals surface area (Å²) in [6.07, 6.45) is 3.80. The molecule has 0 amide bonds. The van der Waals surface area contributed by atoms with E-state index in [2.05, 4.69) is 31.2 Å². The number of hydrogen-bond acceptors (Lipinski definition) is 2. The third-order valence-electron chi connectivity index (χ3n) is 4.37. The van der Waals surface area contributed by atoms with Crippen molar-refractivity contribution in [1.82, 2.24) is 0 Å². The second kappa shape index (κ2) is 9.16. The molecule has 0 spiro atoms. The van der Waals surface area contributed by atoms with E-state index in [0.717, 1.165) is 17.5 Å². The van der Waals surface area contributed by atoms with Gasteiger partial charge in [-0.25, -0.2) is 0 Å². The maximum Gasteiger partial charge on any atom is 0.303 e. The highest BCUT2D eigenvalue weighted by molar-refractivity contribution is 5.96. The molecule has 0 aliphatic heterocycles. The predicted octanol–water partition coefficient (Wildman–Crippen LogP) is 5.38. The van der Waals surface area contributed by atoms with Crippen molar-refractivity contribution in [3.63, 3.8) is 0 Å². The standard InChI is InChI=1S/C22H26O3/c1-3-4-5-17-6-8-18(9-7-17)19-10-12-20(13-11-19)21(23)14-16(2)15-22(24)25/h6-13,16H,3-5,14-15H2,1-2H3,(H,24,25)/t16-/m1/s1. The molecule has 2 aromatic rings. The molecule has 0 bridgehead atoms. The smallest absolute Gasteiger partial charge is 0.303 e. The summed E-state index contributed by atoms with van der Waals surface area (Å²) in [6, 6.07) is 16.1. The first-order chi connectivity index (χ1) is 12.0. The van der Waals surface area contributed by atoms with E-state index in [0.29, 0.717) is 5.56 Å². The number of Topliss-reactive ketones (excluding diaryl/α,β-unsaturated/α-hetero) is 1. The summed E-state index contributed by atoms with van der Waals surface area (Å²) in [7, 11) is 0. The highest BCUT2D eigenvalue weighted by atomic mass is 16.4. The summed E-state index contributed by atoms with van der Waals surface area (Å²) in [4.78, 5) is 22.9. The molecule has 1 N–H and O–H groups in total. The lowest BCUT2D eigenvalue weighted by molar-refractivity contribution is -0.137. The number of carbonyl (C=O) groups excluding carboxylic acids is 1. The highest BCUT2D eigenvalue weighted by Crippen LogP contribution is 2.22. The van der Waals surface area contributed by atoms with Crippen LogP contribution in [0.5, 0.6) is 0 Å². The quantitative estimate of drug-likeness (QED) is 0.625. The lowest BCUT2D eigenvalue weighted by Gasteiger charge is -2.09. The molecule has 0 radical (unpaired) electrons. The Morgan fingerprint density at radius 3 is 2.00 bits per heavy atom. The fourth-order valence-corrected chi connectivity index (χ4v) is 2.90. The largest absolute Gasteiger partial charge is 0.481 e. The van der Waals surface area contributed by atoms with Crippen molar-refractivity contribution in [3.8, 4) is 11.1 Å². The molecule has 3 heteroatoms. The Bertz CT molecular complexity index is 699. The molecule has 0 heterocycles. The number of benzene rings is 2. The third kappa shape index (κ3) is 5.86. The molecule has 0 aliphatic rings. The zero-order valence-electron chi connectivity index (χ0n) is 15.0. The van der Waals surface area contributed by atoms with Crippen LogP contribution in [0.4, 0.5) is 0 Å². The van der Waals surface area contributed by atoms with Crippen molar-refractivity contribution < 1.29 is 14.7 Å². The maximum atomic E-state index is 12.2. The average molecular weight is 338 g/mol. The van der Waals surface area contributed by atoms with Gasteiger partial charge in [0.15, 0.2) is 5.78 Å². The molecular weight excluding hydrogens is 312 g/mol. The molecular formula is C22H26O3. The Kier molecular flexibility index (Phi) is 6.93. The zero-order valence-corrected chi connectivity index (χ0v) is 15.0. The van der Waals surface area contributed by atoms with E-state index in [9.17, 15) is 9.59 Å². The van der Waals surface area contributed by atoms with Gasteiger partial charge in [0.05, 0.1) is 0 Å². The monoisotopic (exact) mass is 338 g/mol. The number of aliphatic carboxylic acids is 1. The number of unbranched alkanes of at least 4 members (excludes halogenated alkanes) is 1. The minimum atomic E-state index is -0.863. The van der Waals surface area contributed by atoms with Gasteiger partial charge in [-0.2, -0.15) is 0 Å². The van der Waals surface area contributed by atoms with Crippen LogP contribution in [0.15, 0.2) is 48.5 Å². The summed E-state index contributed by atoms with van der Waals surface area (Å²) in [5.41, 5.74) is 4.21. The van der Waals surface area contributed by atoms with E-state index in [-0.39, 0.29) is 24.5 Å². The second-order valence-electron chi connectivity index (χ2n) is 6.71. The zero-order chi connectivity index (χ0) is 18.2. The van der Waals surface area contributed by atoms with Crippen molar-refractivity contribution in [3.05, 3.63) is 59.7 Å². The van der Waals surface area contributed by atoms with Crippen LogP contribution in [0.25, 0.3) is 11.1 Å². The van der Waals surface area contributed by atoms with Crippen molar-refractivity contribution in [1.29, 1.82) is 0 Å². The molecule has 2 aromatic carbocycles. The fourth-order valence-electron chi connectivity index (χ4n) is 2.90. The molecule has 0 aromatic heterocycles. The SMILES string of the molecule is CCCCc1ccc(-c2ccc(C(=O)C[C@@H](C)CC(=O)O)cc2)cc1. The van der Waals surface area contributed by atoms with Crippen LogP contribution in [0.2, 0.25) is 0 Å². The second-order valence-corrected chi connectivity index (χ2v) is 6.71. The molecule has 132 valence electrons. The van der Waals surface area contributed by atoms with Crippen molar-refractivity contribution in [2.24, 2.45) is 5.92 Å². The molecule has 0 aliphatic carbocycles. The summed E-state index contributed by atoms with van der Waals surface area (Å²) >= 11 is 0. The van der Waals surface area contributed by atoms with Gasteiger partial charge in [-0.05, 0) is 35.4 Å². The number of carbonyl (C=O) groups is 2. The third-order valence-corrected chi connectivity index (χ3v) is 4.37. The van der Waals surface area contributed by atoms with E-state index >= 15 is 0 Å². The van der Waals surface area contributed by atoms with Gasteiger partial charge in [-0.3, -0.25) is 9.59 Å². The minimum absolute atomic E-state index is 0.00443. The average Bonchev–Trinajstić information content (AvgIpc) is 2.59. The Labute approximate surface area is 149 Å². The van der Waals surface area contributed by atoms with Gasteiger partial charge in [0.2, 0.25) is 0 Å². The van der Waals surface area contributed by atoms with Crippen molar-refractivity contribution in [2.45, 2.75) is 46.0 Å². The van der Waals surface area contributed by atoms with E-state index in [4.69, 9.17) is 5.11 Å². The Hall–Kier alpha value is -2.42. The summed E-state index contributed by atoms with van der Waals surface area (Å²) < 4.78 is 0. The summed E-state index contributed by atoms with van der Waals surface area (Å²) in [6.45, 7) is 3.99.